The van der Waals surface area contributed by atoms with Crippen LogP contribution in [-0.4, -0.2) is 23.7 Å². The molecule has 0 rings (SSSR count). The van der Waals surface area contributed by atoms with E-state index in [-0.39, 0.29) is 13.0 Å². The Morgan fingerprint density at radius 2 is 2.25 bits per heavy atom. The number of carbonyl (C=O) groups is 2. The van der Waals surface area contributed by atoms with Crippen LogP contribution >= 0.6 is 0 Å². The fourth-order valence-electron chi connectivity index (χ4n) is 0.671. The van der Waals surface area contributed by atoms with Crippen molar-refractivity contribution < 1.29 is 19.4 Å². The summed E-state index contributed by atoms with van der Waals surface area (Å²) in [6.07, 6.45) is 1.08. The molecule has 0 saturated heterocycles. The predicted molar refractivity (Wildman–Crippen MR) is 42.6 cm³/mol. The molecule has 1 N–H and O–H groups in total. The average Bonchev–Trinajstić information content (AvgIpc) is 2.00. The van der Waals surface area contributed by atoms with Gasteiger partial charge in [-0.2, -0.15) is 0 Å². The molecule has 4 nitrogen and oxygen atoms in total. The van der Waals surface area contributed by atoms with Crippen molar-refractivity contribution in [3.63, 3.8) is 0 Å². The van der Waals surface area contributed by atoms with Gasteiger partial charge in [0.15, 0.2) is 0 Å². The second-order valence-corrected chi connectivity index (χ2v) is 2.19. The van der Waals surface area contributed by atoms with Crippen LogP contribution in [0.4, 0.5) is 0 Å². The fraction of sp³-hybridized carbons (Fsp3) is 0.500. The first-order valence-electron chi connectivity index (χ1n) is 3.62. The van der Waals surface area contributed by atoms with Gasteiger partial charge in [-0.25, -0.2) is 0 Å². The van der Waals surface area contributed by atoms with Gasteiger partial charge in [-0.15, -0.1) is 6.58 Å². The second kappa shape index (κ2) is 5.35. The summed E-state index contributed by atoms with van der Waals surface area (Å²) in [5.41, 5.74) is 0. The zero-order valence-electron chi connectivity index (χ0n) is 6.95. The van der Waals surface area contributed by atoms with E-state index in [2.05, 4.69) is 11.3 Å². The molecule has 0 aliphatic carbocycles. The Balaban J connectivity index is 3.94. The molecule has 0 aromatic rings. The summed E-state index contributed by atoms with van der Waals surface area (Å²) < 4.78 is 4.57. The third kappa shape index (κ3) is 3.75. The Morgan fingerprint density at radius 3 is 2.58 bits per heavy atom. The van der Waals surface area contributed by atoms with Crippen molar-refractivity contribution in [2.75, 3.05) is 6.61 Å². The van der Waals surface area contributed by atoms with Gasteiger partial charge in [-0.05, 0) is 6.92 Å². The number of carboxylic acids is 1. The molecule has 0 bridgehead atoms. The summed E-state index contributed by atoms with van der Waals surface area (Å²) >= 11 is 0. The number of esters is 1. The molecule has 68 valence electrons. The Hall–Kier alpha value is -1.32. The maximum Gasteiger partial charge on any atom is 0.310 e. The Kier molecular flexibility index (Phi) is 4.76. The van der Waals surface area contributed by atoms with E-state index in [1.54, 1.807) is 6.92 Å². The average molecular weight is 172 g/mol. The molecule has 0 fully saturated rings. The van der Waals surface area contributed by atoms with Crippen molar-refractivity contribution in [2.24, 2.45) is 5.92 Å². The third-order valence-corrected chi connectivity index (χ3v) is 1.29. The molecular weight excluding hydrogens is 160 g/mol. The van der Waals surface area contributed by atoms with Gasteiger partial charge in [-0.3, -0.25) is 9.59 Å². The minimum absolute atomic E-state index is 0.146. The quantitative estimate of drug-likeness (QED) is 0.492. The van der Waals surface area contributed by atoms with Gasteiger partial charge in [0.2, 0.25) is 0 Å². The molecule has 0 heterocycles. The first-order chi connectivity index (χ1) is 5.61. The van der Waals surface area contributed by atoms with E-state index >= 15 is 0 Å². The van der Waals surface area contributed by atoms with Crippen LogP contribution in [0.5, 0.6) is 0 Å². The summed E-state index contributed by atoms with van der Waals surface area (Å²) in [7, 11) is 0. The lowest BCUT2D eigenvalue weighted by Gasteiger charge is -2.05. The number of rotatable bonds is 5. The molecule has 0 aromatic heterocycles. The summed E-state index contributed by atoms with van der Waals surface area (Å²) in [6.45, 7) is 5.24. The van der Waals surface area contributed by atoms with Crippen LogP contribution in [-0.2, 0) is 14.3 Å². The van der Waals surface area contributed by atoms with Crippen LogP contribution in [0.2, 0.25) is 0 Å². The summed E-state index contributed by atoms with van der Waals surface area (Å²) in [5.74, 6) is -2.41. The number of aliphatic carboxylic acids is 1. The molecule has 0 aliphatic heterocycles. The van der Waals surface area contributed by atoms with Crippen LogP contribution in [0.15, 0.2) is 12.7 Å². The molecule has 0 saturated carbocycles. The minimum Gasteiger partial charge on any atom is -0.481 e. The zero-order chi connectivity index (χ0) is 9.56. The highest BCUT2D eigenvalue weighted by molar-refractivity contribution is 5.80. The van der Waals surface area contributed by atoms with Crippen molar-refractivity contribution >= 4 is 11.9 Å². The van der Waals surface area contributed by atoms with Gasteiger partial charge >= 0.3 is 11.9 Å². The topological polar surface area (TPSA) is 63.6 Å². The Bertz CT molecular complexity index is 185. The summed E-state index contributed by atoms with van der Waals surface area (Å²) in [6, 6.07) is 0. The van der Waals surface area contributed by atoms with Gasteiger partial charge in [0, 0.05) is 0 Å². The van der Waals surface area contributed by atoms with E-state index in [9.17, 15) is 9.59 Å². The van der Waals surface area contributed by atoms with Crippen molar-refractivity contribution in [1.82, 2.24) is 0 Å². The molecule has 0 spiro atoms. The van der Waals surface area contributed by atoms with E-state index in [1.807, 2.05) is 0 Å². The molecular formula is C8H12O4. The molecule has 0 aromatic carbocycles. The van der Waals surface area contributed by atoms with E-state index in [0.717, 1.165) is 0 Å². The minimum atomic E-state index is -1.06. The number of carboxylic acid groups (broad SMARTS) is 1. The normalized spacial score (nSPS) is 11.8. The monoisotopic (exact) mass is 172 g/mol. The van der Waals surface area contributed by atoms with E-state index in [1.165, 1.54) is 6.08 Å². The first kappa shape index (κ1) is 10.7. The third-order valence-electron chi connectivity index (χ3n) is 1.29. The van der Waals surface area contributed by atoms with Gasteiger partial charge in [0.05, 0.1) is 18.9 Å². The second-order valence-electron chi connectivity index (χ2n) is 2.19. The molecule has 0 aliphatic rings. The maximum absolute atomic E-state index is 10.8. The fourth-order valence-corrected chi connectivity index (χ4v) is 0.671. The number of carbonyl (C=O) groups excluding carboxylic acids is 1. The van der Waals surface area contributed by atoms with E-state index in [0.29, 0.717) is 0 Å². The maximum atomic E-state index is 10.8. The Labute approximate surface area is 70.8 Å². The van der Waals surface area contributed by atoms with Crippen LogP contribution < -0.4 is 0 Å². The van der Waals surface area contributed by atoms with Crippen LogP contribution in [0.3, 0.4) is 0 Å². The van der Waals surface area contributed by atoms with Crippen molar-refractivity contribution in [2.45, 2.75) is 13.3 Å². The van der Waals surface area contributed by atoms with Crippen molar-refractivity contribution in [1.29, 1.82) is 0 Å². The number of ether oxygens (including phenoxy) is 1. The van der Waals surface area contributed by atoms with Crippen molar-refractivity contribution in [3.05, 3.63) is 12.7 Å². The lowest BCUT2D eigenvalue weighted by atomic mass is 10.1. The van der Waals surface area contributed by atoms with Gasteiger partial charge in [-0.1, -0.05) is 6.08 Å². The molecule has 1 atom stereocenters. The number of hydrogen-bond acceptors (Lipinski definition) is 3. The van der Waals surface area contributed by atoms with E-state index < -0.39 is 17.9 Å². The molecule has 0 radical (unpaired) electrons. The van der Waals surface area contributed by atoms with Crippen LogP contribution in [0.1, 0.15) is 13.3 Å². The largest absolute Gasteiger partial charge is 0.481 e. The van der Waals surface area contributed by atoms with Crippen LogP contribution in [0, 0.1) is 5.92 Å². The smallest absolute Gasteiger partial charge is 0.310 e. The highest BCUT2D eigenvalue weighted by Crippen LogP contribution is 2.05. The summed E-state index contributed by atoms with van der Waals surface area (Å²) in [5, 5.41) is 8.51. The molecule has 4 heteroatoms. The van der Waals surface area contributed by atoms with Crippen LogP contribution in [0.25, 0.3) is 0 Å². The van der Waals surface area contributed by atoms with Gasteiger partial charge in [0.25, 0.3) is 0 Å². The highest BCUT2D eigenvalue weighted by atomic mass is 16.5. The predicted octanol–water partition coefficient (Wildman–Crippen LogP) is 0.826. The van der Waals surface area contributed by atoms with Crippen molar-refractivity contribution in [3.8, 4) is 0 Å². The number of hydrogen-bond donors (Lipinski definition) is 1. The van der Waals surface area contributed by atoms with Gasteiger partial charge in [0.1, 0.15) is 0 Å². The summed E-state index contributed by atoms with van der Waals surface area (Å²) in [4.78, 5) is 21.2. The SMILES string of the molecule is C=CC(CC(=O)OCC)C(=O)O. The zero-order valence-corrected chi connectivity index (χ0v) is 6.95. The molecule has 1 unspecified atom stereocenters. The lowest BCUT2D eigenvalue weighted by Crippen LogP contribution is -2.17. The first-order valence-corrected chi connectivity index (χ1v) is 3.62. The van der Waals surface area contributed by atoms with Gasteiger partial charge < -0.3 is 9.84 Å². The highest BCUT2D eigenvalue weighted by Gasteiger charge is 2.17. The lowest BCUT2D eigenvalue weighted by molar-refractivity contribution is -0.149. The molecule has 0 amide bonds. The van der Waals surface area contributed by atoms with E-state index in [4.69, 9.17) is 5.11 Å². The standard InChI is InChI=1S/C8H12O4/c1-3-6(8(10)11)5-7(9)12-4-2/h3,6H,1,4-5H2,2H3,(H,10,11). The molecule has 12 heavy (non-hydrogen) atoms. The Morgan fingerprint density at radius 1 is 1.67 bits per heavy atom.